The van der Waals surface area contributed by atoms with Gasteiger partial charge in [0.05, 0.1) is 24.4 Å². The van der Waals surface area contributed by atoms with E-state index in [4.69, 9.17) is 9.47 Å². The highest BCUT2D eigenvalue weighted by atomic mass is 32.1. The third-order valence-corrected chi connectivity index (χ3v) is 5.10. The number of fused-ring (bicyclic) bond motifs is 1. The average molecular weight is 382 g/mol. The summed E-state index contributed by atoms with van der Waals surface area (Å²) in [7, 11) is 3.23. The lowest BCUT2D eigenvalue weighted by molar-refractivity contribution is -0.113. The Morgan fingerprint density at radius 1 is 1.15 bits per heavy atom. The maximum Gasteiger partial charge on any atom is 0.272 e. The first-order chi connectivity index (χ1) is 13.2. The summed E-state index contributed by atoms with van der Waals surface area (Å²) in [6, 6.07) is 13.6. The first-order valence-corrected chi connectivity index (χ1v) is 9.55. The first kappa shape index (κ1) is 18.9. The van der Waals surface area contributed by atoms with Crippen LogP contribution in [0.25, 0.3) is 16.3 Å². The number of aryl methyl sites for hydroxylation is 1. The number of benzene rings is 2. The highest BCUT2D eigenvalue weighted by Gasteiger charge is 2.12. The molecule has 0 aliphatic carbocycles. The molecule has 0 saturated heterocycles. The SMILES string of the molecule is CCCn1c(=NC(=O)C=Cc2ccccc2)sc2cc(OC)c(OC)cc21. The van der Waals surface area contributed by atoms with Gasteiger partial charge >= 0.3 is 0 Å². The molecule has 0 N–H and O–H groups in total. The second kappa shape index (κ2) is 8.68. The quantitative estimate of drug-likeness (QED) is 0.598. The number of nitrogens with zero attached hydrogens (tertiary/aromatic N) is 2. The first-order valence-electron chi connectivity index (χ1n) is 8.73. The monoisotopic (exact) mass is 382 g/mol. The van der Waals surface area contributed by atoms with Crippen LogP contribution in [0.4, 0.5) is 0 Å². The van der Waals surface area contributed by atoms with Crippen molar-refractivity contribution in [2.75, 3.05) is 14.2 Å². The Balaban J connectivity index is 2.04. The Kier molecular flexibility index (Phi) is 6.08. The molecule has 5 nitrogen and oxygen atoms in total. The number of carbonyl (C=O) groups is 1. The molecule has 0 bridgehead atoms. The van der Waals surface area contributed by atoms with Gasteiger partial charge in [-0.1, -0.05) is 48.6 Å². The van der Waals surface area contributed by atoms with Crippen LogP contribution < -0.4 is 14.3 Å². The van der Waals surface area contributed by atoms with Crippen molar-refractivity contribution in [2.24, 2.45) is 4.99 Å². The molecule has 6 heteroatoms. The molecule has 0 unspecified atom stereocenters. The summed E-state index contributed by atoms with van der Waals surface area (Å²) >= 11 is 1.47. The highest BCUT2D eigenvalue weighted by Crippen LogP contribution is 2.33. The average Bonchev–Trinajstić information content (AvgIpc) is 3.02. The molecule has 1 heterocycles. The molecule has 0 saturated carbocycles. The molecule has 1 aromatic heterocycles. The van der Waals surface area contributed by atoms with E-state index in [1.807, 2.05) is 42.5 Å². The van der Waals surface area contributed by atoms with Gasteiger partial charge in [-0.25, -0.2) is 0 Å². The summed E-state index contributed by atoms with van der Waals surface area (Å²) in [5.74, 6) is 1.04. The van der Waals surface area contributed by atoms with Crippen LogP contribution >= 0.6 is 11.3 Å². The van der Waals surface area contributed by atoms with Crippen LogP contribution in [-0.2, 0) is 11.3 Å². The number of amides is 1. The highest BCUT2D eigenvalue weighted by molar-refractivity contribution is 7.16. The van der Waals surface area contributed by atoms with Gasteiger partial charge in [-0.15, -0.1) is 0 Å². The molecule has 27 heavy (non-hydrogen) atoms. The second-order valence-corrected chi connectivity index (χ2v) is 6.91. The number of rotatable bonds is 6. The van der Waals surface area contributed by atoms with Gasteiger partial charge in [-0.3, -0.25) is 4.79 Å². The third kappa shape index (κ3) is 4.28. The van der Waals surface area contributed by atoms with Crippen molar-refractivity contribution in [1.29, 1.82) is 0 Å². The van der Waals surface area contributed by atoms with E-state index in [1.165, 1.54) is 17.4 Å². The molecule has 1 amide bonds. The molecular weight excluding hydrogens is 360 g/mol. The van der Waals surface area contributed by atoms with E-state index in [-0.39, 0.29) is 5.91 Å². The van der Waals surface area contributed by atoms with Crippen LogP contribution in [0.2, 0.25) is 0 Å². The fourth-order valence-corrected chi connectivity index (χ4v) is 3.86. The number of thiazole rings is 1. The summed E-state index contributed by atoms with van der Waals surface area (Å²) in [5.41, 5.74) is 1.95. The van der Waals surface area contributed by atoms with Crippen LogP contribution in [0.5, 0.6) is 11.5 Å². The lowest BCUT2D eigenvalue weighted by atomic mass is 10.2. The zero-order chi connectivity index (χ0) is 19.2. The molecule has 3 aromatic rings. The molecule has 3 rings (SSSR count). The van der Waals surface area contributed by atoms with E-state index in [2.05, 4.69) is 16.5 Å². The topological polar surface area (TPSA) is 52.8 Å². The smallest absolute Gasteiger partial charge is 0.272 e. The van der Waals surface area contributed by atoms with Crippen LogP contribution in [-0.4, -0.2) is 24.7 Å². The molecule has 0 aliphatic heterocycles. The lowest BCUT2D eigenvalue weighted by Crippen LogP contribution is -2.16. The Morgan fingerprint density at radius 3 is 2.52 bits per heavy atom. The molecule has 0 spiro atoms. The molecule has 2 aromatic carbocycles. The number of carbonyl (C=O) groups excluding carboxylic acids is 1. The fourth-order valence-electron chi connectivity index (χ4n) is 2.78. The van der Waals surface area contributed by atoms with Gasteiger partial charge in [-0.05, 0) is 18.1 Å². The van der Waals surface area contributed by atoms with Crippen LogP contribution in [0.15, 0.2) is 53.5 Å². The maximum atomic E-state index is 12.4. The van der Waals surface area contributed by atoms with Gasteiger partial charge in [0.25, 0.3) is 5.91 Å². The van der Waals surface area contributed by atoms with Crippen LogP contribution in [0, 0.1) is 0 Å². The van der Waals surface area contributed by atoms with E-state index in [0.717, 1.165) is 28.7 Å². The molecule has 0 fully saturated rings. The zero-order valence-corrected chi connectivity index (χ0v) is 16.5. The molecule has 0 aliphatic rings. The minimum atomic E-state index is -0.283. The van der Waals surface area contributed by atoms with E-state index in [0.29, 0.717) is 16.3 Å². The van der Waals surface area contributed by atoms with Gasteiger partial charge in [0, 0.05) is 24.8 Å². The molecule has 0 radical (unpaired) electrons. The lowest BCUT2D eigenvalue weighted by Gasteiger charge is -2.08. The van der Waals surface area contributed by atoms with E-state index in [1.54, 1.807) is 20.3 Å². The van der Waals surface area contributed by atoms with Crippen molar-refractivity contribution in [3.05, 3.63) is 58.9 Å². The molecular formula is C21H22N2O3S. The van der Waals surface area contributed by atoms with E-state index in [9.17, 15) is 4.79 Å². The fraction of sp³-hybridized carbons (Fsp3) is 0.238. The predicted molar refractivity (Wildman–Crippen MR) is 109 cm³/mol. The minimum Gasteiger partial charge on any atom is -0.493 e. The maximum absolute atomic E-state index is 12.4. The van der Waals surface area contributed by atoms with Crippen molar-refractivity contribution in [3.8, 4) is 11.5 Å². The van der Waals surface area contributed by atoms with Gasteiger partial charge in [-0.2, -0.15) is 4.99 Å². The standard InChI is InChI=1S/C21H22N2O3S/c1-4-12-23-16-13-17(25-2)18(26-3)14-19(16)27-21(23)22-20(24)11-10-15-8-6-5-7-9-15/h5-11,13-14H,4,12H2,1-3H3. The summed E-state index contributed by atoms with van der Waals surface area (Å²) in [6.45, 7) is 2.86. The summed E-state index contributed by atoms with van der Waals surface area (Å²) < 4.78 is 13.9. The minimum absolute atomic E-state index is 0.283. The van der Waals surface area contributed by atoms with Crippen LogP contribution in [0.1, 0.15) is 18.9 Å². The second-order valence-electron chi connectivity index (χ2n) is 5.91. The Bertz CT molecular complexity index is 1030. The largest absolute Gasteiger partial charge is 0.493 e. The number of hydrogen-bond acceptors (Lipinski definition) is 4. The van der Waals surface area contributed by atoms with E-state index < -0.39 is 0 Å². The Hall–Kier alpha value is -2.86. The summed E-state index contributed by atoms with van der Waals surface area (Å²) in [5, 5.41) is 0. The third-order valence-electron chi connectivity index (χ3n) is 4.06. The number of methoxy groups -OCH3 is 2. The van der Waals surface area contributed by atoms with Crippen molar-refractivity contribution in [3.63, 3.8) is 0 Å². The van der Waals surface area contributed by atoms with Crippen LogP contribution in [0.3, 0.4) is 0 Å². The van der Waals surface area contributed by atoms with E-state index >= 15 is 0 Å². The molecule has 140 valence electrons. The number of ether oxygens (including phenoxy) is 2. The molecule has 0 atom stereocenters. The van der Waals surface area contributed by atoms with Crippen molar-refractivity contribution in [2.45, 2.75) is 19.9 Å². The number of aromatic nitrogens is 1. The van der Waals surface area contributed by atoms with Gasteiger partial charge in [0.15, 0.2) is 16.3 Å². The summed E-state index contributed by atoms with van der Waals surface area (Å²) in [6.07, 6.45) is 4.20. The van der Waals surface area contributed by atoms with Crippen molar-refractivity contribution in [1.82, 2.24) is 4.57 Å². The van der Waals surface area contributed by atoms with Gasteiger partial charge < -0.3 is 14.0 Å². The Labute approximate surface area is 162 Å². The predicted octanol–water partition coefficient (Wildman–Crippen LogP) is 4.27. The normalized spacial score (nSPS) is 12.0. The summed E-state index contributed by atoms with van der Waals surface area (Å²) in [4.78, 5) is 17.3. The zero-order valence-electron chi connectivity index (χ0n) is 15.6. The Morgan fingerprint density at radius 2 is 1.85 bits per heavy atom. The van der Waals surface area contributed by atoms with Crippen molar-refractivity contribution >= 4 is 33.5 Å². The number of hydrogen-bond donors (Lipinski definition) is 0. The van der Waals surface area contributed by atoms with Gasteiger partial charge in [0.1, 0.15) is 0 Å². The van der Waals surface area contributed by atoms with Gasteiger partial charge in [0.2, 0.25) is 0 Å². The van der Waals surface area contributed by atoms with Crippen molar-refractivity contribution < 1.29 is 14.3 Å².